The molecule has 0 aliphatic carbocycles. The highest BCUT2D eigenvalue weighted by molar-refractivity contribution is 5.93. The first-order chi connectivity index (χ1) is 15.5. The number of nitrogens with one attached hydrogen (secondary N) is 1. The molecule has 0 radical (unpaired) electrons. The molecule has 0 saturated heterocycles. The number of fused-ring (bicyclic) bond motifs is 2. The molecular weight excluding hydrogens is 404 g/mol. The van der Waals surface area contributed by atoms with Crippen LogP contribution in [0.15, 0.2) is 77.6 Å². The fourth-order valence-corrected chi connectivity index (χ4v) is 3.93. The summed E-state index contributed by atoms with van der Waals surface area (Å²) < 4.78 is 1.41. The minimum absolute atomic E-state index is 0.0926. The van der Waals surface area contributed by atoms with Gasteiger partial charge in [-0.15, -0.1) is 0 Å². The number of H-pyrrole nitrogens is 1. The molecule has 156 valence electrons. The number of nitro benzene ring substituents is 1. The molecule has 32 heavy (non-hydrogen) atoms. The van der Waals surface area contributed by atoms with Gasteiger partial charge in [0.2, 0.25) is 0 Å². The van der Waals surface area contributed by atoms with E-state index in [1.165, 1.54) is 16.7 Å². The summed E-state index contributed by atoms with van der Waals surface area (Å²) in [6.45, 7) is 1.99. The molecule has 7 heteroatoms. The summed E-state index contributed by atoms with van der Waals surface area (Å²) in [4.78, 5) is 32.2. The number of nitrogens with zero attached hydrogens (tertiary/aromatic N) is 3. The van der Waals surface area contributed by atoms with E-state index in [-0.39, 0.29) is 11.2 Å². The van der Waals surface area contributed by atoms with Crippen molar-refractivity contribution in [3.8, 4) is 5.69 Å². The highest BCUT2D eigenvalue weighted by Gasteiger charge is 2.14. The number of rotatable bonds is 4. The zero-order chi connectivity index (χ0) is 22.2. The molecule has 0 atom stereocenters. The summed E-state index contributed by atoms with van der Waals surface area (Å²) in [5, 5.41) is 12.8. The van der Waals surface area contributed by atoms with Gasteiger partial charge in [0.15, 0.2) is 0 Å². The molecule has 0 fully saturated rings. The van der Waals surface area contributed by atoms with Crippen LogP contribution < -0.4 is 5.56 Å². The maximum atomic E-state index is 13.4. The maximum Gasteiger partial charge on any atom is 0.271 e. The average Bonchev–Trinajstić information content (AvgIpc) is 3.12. The van der Waals surface area contributed by atoms with Crippen molar-refractivity contribution in [2.75, 3.05) is 0 Å². The summed E-state index contributed by atoms with van der Waals surface area (Å²) in [6, 6.07) is 21.1. The van der Waals surface area contributed by atoms with Crippen LogP contribution >= 0.6 is 0 Å². The number of nitro groups is 1. The molecule has 2 heterocycles. The Hall–Kier alpha value is -4.52. The third-order valence-electron chi connectivity index (χ3n) is 5.44. The molecule has 2 aromatic heterocycles. The van der Waals surface area contributed by atoms with Crippen molar-refractivity contribution in [1.29, 1.82) is 0 Å². The Bertz CT molecular complexity index is 1590. The second-order valence-electron chi connectivity index (χ2n) is 7.45. The molecule has 0 unspecified atom stereocenters. The summed E-state index contributed by atoms with van der Waals surface area (Å²) in [5.74, 6) is 0.388. The largest absolute Gasteiger partial charge is 0.358 e. The van der Waals surface area contributed by atoms with E-state index in [0.717, 1.165) is 22.2 Å². The number of aromatic amines is 1. The lowest BCUT2D eigenvalue weighted by molar-refractivity contribution is -0.384. The van der Waals surface area contributed by atoms with Crippen molar-refractivity contribution in [3.63, 3.8) is 0 Å². The van der Waals surface area contributed by atoms with E-state index in [1.54, 1.807) is 36.4 Å². The van der Waals surface area contributed by atoms with Gasteiger partial charge in [0, 0.05) is 34.3 Å². The van der Waals surface area contributed by atoms with Crippen molar-refractivity contribution in [3.05, 3.63) is 110 Å². The van der Waals surface area contributed by atoms with Crippen LogP contribution in [0, 0.1) is 17.0 Å². The fraction of sp³-hybridized carbons (Fsp3) is 0.0400. The lowest BCUT2D eigenvalue weighted by Crippen LogP contribution is -2.22. The van der Waals surface area contributed by atoms with Crippen LogP contribution in [0.3, 0.4) is 0 Å². The molecule has 0 spiro atoms. The van der Waals surface area contributed by atoms with E-state index in [4.69, 9.17) is 4.98 Å². The second kappa shape index (κ2) is 7.63. The van der Waals surface area contributed by atoms with E-state index >= 15 is 0 Å². The van der Waals surface area contributed by atoms with Crippen molar-refractivity contribution in [1.82, 2.24) is 14.5 Å². The topological polar surface area (TPSA) is 93.8 Å². The maximum absolute atomic E-state index is 13.4. The van der Waals surface area contributed by atoms with Gasteiger partial charge in [0.25, 0.3) is 11.2 Å². The number of benzene rings is 3. The molecule has 0 bridgehead atoms. The van der Waals surface area contributed by atoms with Crippen LogP contribution in [0.2, 0.25) is 0 Å². The second-order valence-corrected chi connectivity index (χ2v) is 7.45. The van der Waals surface area contributed by atoms with Crippen LogP contribution in [-0.4, -0.2) is 19.5 Å². The predicted octanol–water partition coefficient (Wildman–Crippen LogP) is 5.25. The van der Waals surface area contributed by atoms with Crippen LogP contribution in [0.25, 0.3) is 39.6 Å². The number of aromatic nitrogens is 3. The number of para-hydroxylation sites is 2. The highest BCUT2D eigenvalue weighted by atomic mass is 16.6. The average molecular weight is 422 g/mol. The van der Waals surface area contributed by atoms with Crippen molar-refractivity contribution < 1.29 is 4.92 Å². The first kappa shape index (κ1) is 19.4. The van der Waals surface area contributed by atoms with Crippen LogP contribution in [0.4, 0.5) is 5.69 Å². The Morgan fingerprint density at radius 3 is 2.53 bits per heavy atom. The van der Waals surface area contributed by atoms with Crippen molar-refractivity contribution >= 4 is 39.6 Å². The zero-order valence-corrected chi connectivity index (χ0v) is 17.1. The highest BCUT2D eigenvalue weighted by Crippen LogP contribution is 2.25. The molecule has 3 aromatic carbocycles. The Morgan fingerprint density at radius 1 is 0.969 bits per heavy atom. The number of hydrogen-bond acceptors (Lipinski definition) is 4. The molecule has 0 aliphatic heterocycles. The third-order valence-corrected chi connectivity index (χ3v) is 5.44. The van der Waals surface area contributed by atoms with Crippen LogP contribution in [0.1, 0.15) is 17.1 Å². The SMILES string of the molecule is Cc1[nH]c2ccccc2c1C=Cc1nc2ccccc2c(=O)n1-c1cccc([N+](=O)[O-])c1. The number of aryl methyl sites for hydroxylation is 1. The number of hydrogen-bond donors (Lipinski definition) is 1. The van der Waals surface area contributed by atoms with E-state index in [0.29, 0.717) is 22.4 Å². The van der Waals surface area contributed by atoms with E-state index in [9.17, 15) is 14.9 Å². The van der Waals surface area contributed by atoms with Gasteiger partial charge in [0.1, 0.15) is 5.82 Å². The van der Waals surface area contributed by atoms with E-state index < -0.39 is 4.92 Å². The fourth-order valence-electron chi connectivity index (χ4n) is 3.93. The van der Waals surface area contributed by atoms with Gasteiger partial charge >= 0.3 is 0 Å². The van der Waals surface area contributed by atoms with E-state index in [2.05, 4.69) is 4.98 Å². The summed E-state index contributed by atoms with van der Waals surface area (Å²) >= 11 is 0. The Morgan fingerprint density at radius 2 is 1.72 bits per heavy atom. The molecule has 5 rings (SSSR count). The van der Waals surface area contributed by atoms with Gasteiger partial charge < -0.3 is 4.98 Å². The zero-order valence-electron chi connectivity index (χ0n) is 17.1. The lowest BCUT2D eigenvalue weighted by Gasteiger charge is -2.11. The van der Waals surface area contributed by atoms with Crippen molar-refractivity contribution in [2.45, 2.75) is 6.92 Å². The van der Waals surface area contributed by atoms with Gasteiger partial charge in [-0.3, -0.25) is 19.5 Å². The van der Waals surface area contributed by atoms with Gasteiger partial charge in [-0.25, -0.2) is 4.98 Å². The molecule has 1 N–H and O–H groups in total. The van der Waals surface area contributed by atoms with Crippen LogP contribution in [0.5, 0.6) is 0 Å². The Labute approximate surface area is 182 Å². The monoisotopic (exact) mass is 422 g/mol. The molecule has 5 aromatic rings. The minimum Gasteiger partial charge on any atom is -0.358 e. The molecule has 0 saturated carbocycles. The lowest BCUT2D eigenvalue weighted by atomic mass is 10.1. The van der Waals surface area contributed by atoms with Crippen LogP contribution in [-0.2, 0) is 0 Å². The van der Waals surface area contributed by atoms with Gasteiger partial charge in [-0.2, -0.15) is 0 Å². The smallest absolute Gasteiger partial charge is 0.271 e. The summed E-state index contributed by atoms with van der Waals surface area (Å²) in [5.41, 5.74) is 3.58. The molecule has 7 nitrogen and oxygen atoms in total. The van der Waals surface area contributed by atoms with Gasteiger partial charge in [-0.1, -0.05) is 36.4 Å². The molecular formula is C25H18N4O3. The van der Waals surface area contributed by atoms with Gasteiger partial charge in [-0.05, 0) is 43.3 Å². The van der Waals surface area contributed by atoms with Crippen molar-refractivity contribution in [2.24, 2.45) is 0 Å². The predicted molar refractivity (Wildman–Crippen MR) is 126 cm³/mol. The third kappa shape index (κ3) is 3.26. The Balaban J connectivity index is 1.75. The normalized spacial score (nSPS) is 11.5. The number of non-ortho nitro benzene ring substituents is 1. The standard InChI is InChI=1S/C25H18N4O3/c1-16-19(20-9-2-4-11-22(20)26-16)13-14-24-27-23-12-5-3-10-21(23)25(30)28(24)17-7-6-8-18(15-17)29(31)32/h2-15,26H,1H3. The Kier molecular flexibility index (Phi) is 4.63. The summed E-state index contributed by atoms with van der Waals surface area (Å²) in [6.07, 6.45) is 3.69. The van der Waals surface area contributed by atoms with E-state index in [1.807, 2.05) is 43.3 Å². The first-order valence-electron chi connectivity index (χ1n) is 10.0. The first-order valence-corrected chi connectivity index (χ1v) is 10.0. The molecule has 0 amide bonds. The minimum atomic E-state index is -0.478. The quantitative estimate of drug-likeness (QED) is 0.316. The summed E-state index contributed by atoms with van der Waals surface area (Å²) in [7, 11) is 0. The molecule has 0 aliphatic rings. The van der Waals surface area contributed by atoms with Gasteiger partial charge in [0.05, 0.1) is 21.5 Å².